The van der Waals surface area contributed by atoms with Crippen molar-refractivity contribution < 1.29 is 44.1 Å². The molecule has 38 heavy (non-hydrogen) atoms. The molecule has 4 rings (SSSR count). The number of likely N-dealkylation sites (N-methyl/N-ethyl adjacent to an activating group) is 1. The largest absolute Gasteiger partial charge is 0.392 e. The van der Waals surface area contributed by atoms with E-state index >= 15 is 0 Å². The van der Waals surface area contributed by atoms with Gasteiger partial charge in [0.2, 0.25) is 0 Å². The summed E-state index contributed by atoms with van der Waals surface area (Å²) in [7, 11) is 1.80. The van der Waals surface area contributed by atoms with E-state index in [0.29, 0.717) is 19.3 Å². The highest BCUT2D eigenvalue weighted by Gasteiger charge is 2.63. The van der Waals surface area contributed by atoms with E-state index in [1.807, 2.05) is 34.6 Å². The molecule has 10 nitrogen and oxygen atoms in total. The molecule has 0 aromatic heterocycles. The molecule has 4 bridgehead atoms. The van der Waals surface area contributed by atoms with E-state index in [2.05, 4.69) is 12.2 Å². The van der Waals surface area contributed by atoms with Crippen molar-refractivity contribution in [1.82, 2.24) is 5.32 Å². The van der Waals surface area contributed by atoms with E-state index in [1.165, 1.54) is 0 Å². The van der Waals surface area contributed by atoms with Crippen molar-refractivity contribution in [3.05, 3.63) is 0 Å². The highest BCUT2D eigenvalue weighted by atomic mass is 16.8. The fourth-order valence-corrected chi connectivity index (χ4v) is 7.67. The Labute approximate surface area is 227 Å². The Morgan fingerprint density at radius 1 is 0.947 bits per heavy atom. The summed E-state index contributed by atoms with van der Waals surface area (Å²) in [4.78, 5) is 0. The third-order valence-corrected chi connectivity index (χ3v) is 9.90. The van der Waals surface area contributed by atoms with Gasteiger partial charge in [0, 0.05) is 17.9 Å². The van der Waals surface area contributed by atoms with Gasteiger partial charge in [0.15, 0.2) is 6.29 Å². The first-order chi connectivity index (χ1) is 17.6. The molecule has 0 aromatic rings. The SMILES string of the molecule is CC[C@H]1OC2(O)O[C@H]([C@@H](C)C3O[C@](C)(CC3C)[C@H](O[C@@H]3OC(C)CC(NC)C3O)[C@@H](C)[C@H](O)[C@H]2C)[C@]1(C)O. The number of aliphatic hydroxyl groups is 4. The van der Waals surface area contributed by atoms with Gasteiger partial charge < -0.3 is 49.4 Å². The van der Waals surface area contributed by atoms with Crippen molar-refractivity contribution in [2.24, 2.45) is 23.7 Å². The Morgan fingerprint density at radius 3 is 2.21 bits per heavy atom. The van der Waals surface area contributed by atoms with Crippen LogP contribution in [-0.4, -0.2) is 99.7 Å². The third-order valence-electron chi connectivity index (χ3n) is 9.90. The van der Waals surface area contributed by atoms with E-state index in [4.69, 9.17) is 23.7 Å². The lowest BCUT2D eigenvalue weighted by Crippen LogP contribution is -2.68. The zero-order chi connectivity index (χ0) is 28.4. The van der Waals surface area contributed by atoms with Crippen molar-refractivity contribution in [3.8, 4) is 0 Å². The van der Waals surface area contributed by atoms with E-state index < -0.39 is 65.8 Å². The van der Waals surface area contributed by atoms with Crippen molar-refractivity contribution in [2.75, 3.05) is 7.05 Å². The first kappa shape index (κ1) is 30.6. The molecular formula is C28H51NO9. The maximum atomic E-state index is 11.7. The van der Waals surface area contributed by atoms with Crippen molar-refractivity contribution in [2.45, 2.75) is 147 Å². The molecule has 0 amide bonds. The Kier molecular flexibility index (Phi) is 8.67. The minimum absolute atomic E-state index is 0.0684. The van der Waals surface area contributed by atoms with Gasteiger partial charge in [-0.3, -0.25) is 0 Å². The second kappa shape index (κ2) is 10.8. The van der Waals surface area contributed by atoms with Crippen LogP contribution in [-0.2, 0) is 23.7 Å². The summed E-state index contributed by atoms with van der Waals surface area (Å²) in [5, 5.41) is 49.2. The highest BCUT2D eigenvalue weighted by Crippen LogP contribution is 2.51. The molecule has 222 valence electrons. The Morgan fingerprint density at radius 2 is 1.61 bits per heavy atom. The predicted molar refractivity (Wildman–Crippen MR) is 139 cm³/mol. The van der Waals surface area contributed by atoms with Gasteiger partial charge in [-0.15, -0.1) is 0 Å². The zero-order valence-corrected chi connectivity index (χ0v) is 24.5. The standard InChI is InChI=1S/C28H51NO9/c1-10-19-27(8,32)24-16(5)22-13(2)12-26(7,37-22)23(15(4)20(30)17(6)28(33,36-19)38-24)35-25-21(31)18(29-9)11-14(3)34-25/h13-25,29-33H,10-12H2,1-9H3/t13?,14?,15-,16-,17+,18?,19+,20-,21?,22?,23+,24+,25-,26+,27+,28?/m0/s1. The molecular weight excluding hydrogens is 494 g/mol. The minimum atomic E-state index is -2.12. The fraction of sp³-hybridized carbons (Fsp3) is 1.00. The third kappa shape index (κ3) is 5.08. The van der Waals surface area contributed by atoms with Crippen LogP contribution in [0.4, 0.5) is 0 Å². The van der Waals surface area contributed by atoms with Crippen LogP contribution in [0.5, 0.6) is 0 Å². The predicted octanol–water partition coefficient (Wildman–Crippen LogP) is 1.51. The first-order valence-corrected chi connectivity index (χ1v) is 14.4. The monoisotopic (exact) mass is 545 g/mol. The topological polar surface area (TPSA) is 139 Å². The fourth-order valence-electron chi connectivity index (χ4n) is 7.67. The second-order valence-corrected chi connectivity index (χ2v) is 13.0. The van der Waals surface area contributed by atoms with Crippen LogP contribution in [0.2, 0.25) is 0 Å². The quantitative estimate of drug-likeness (QED) is 0.353. The lowest BCUT2D eigenvalue weighted by Gasteiger charge is -2.54. The van der Waals surface area contributed by atoms with Gasteiger partial charge in [-0.25, -0.2) is 0 Å². The van der Waals surface area contributed by atoms with E-state index in [0.717, 1.165) is 0 Å². The van der Waals surface area contributed by atoms with Crippen LogP contribution in [0.1, 0.15) is 74.7 Å². The Bertz CT molecular complexity index is 830. The summed E-state index contributed by atoms with van der Waals surface area (Å²) >= 11 is 0. The molecule has 4 aliphatic heterocycles. The number of rotatable bonds is 4. The summed E-state index contributed by atoms with van der Waals surface area (Å²) in [6, 6.07) is -0.204. The zero-order valence-electron chi connectivity index (χ0n) is 24.5. The van der Waals surface area contributed by atoms with Gasteiger partial charge in [-0.1, -0.05) is 34.6 Å². The molecule has 0 saturated carbocycles. The van der Waals surface area contributed by atoms with Gasteiger partial charge in [0.25, 0.3) is 5.97 Å². The molecule has 0 aliphatic carbocycles. The molecule has 5 N–H and O–H groups in total. The Balaban J connectivity index is 1.76. The number of hydrogen-bond donors (Lipinski definition) is 5. The normalized spacial score (nSPS) is 57.9. The Hall–Kier alpha value is -0.400. The average molecular weight is 546 g/mol. The van der Waals surface area contributed by atoms with Crippen LogP contribution in [0.25, 0.3) is 0 Å². The van der Waals surface area contributed by atoms with Crippen molar-refractivity contribution in [3.63, 3.8) is 0 Å². The van der Waals surface area contributed by atoms with Gasteiger partial charge in [-0.2, -0.15) is 0 Å². The smallest absolute Gasteiger partial charge is 0.286 e. The molecule has 0 aromatic carbocycles. The van der Waals surface area contributed by atoms with Crippen LogP contribution < -0.4 is 5.32 Å². The number of hydrogen-bond acceptors (Lipinski definition) is 10. The summed E-state index contributed by atoms with van der Waals surface area (Å²) < 4.78 is 31.7. The molecule has 4 aliphatic rings. The van der Waals surface area contributed by atoms with Crippen LogP contribution >= 0.6 is 0 Å². The average Bonchev–Trinajstić information content (AvgIpc) is 3.17. The van der Waals surface area contributed by atoms with Gasteiger partial charge in [0.1, 0.15) is 11.7 Å². The maximum Gasteiger partial charge on any atom is 0.286 e. The second-order valence-electron chi connectivity index (χ2n) is 13.0. The number of nitrogens with one attached hydrogen (secondary N) is 1. The van der Waals surface area contributed by atoms with Gasteiger partial charge in [-0.05, 0) is 53.0 Å². The van der Waals surface area contributed by atoms with E-state index in [1.54, 1.807) is 20.9 Å². The van der Waals surface area contributed by atoms with Crippen molar-refractivity contribution >= 4 is 0 Å². The van der Waals surface area contributed by atoms with Crippen molar-refractivity contribution in [1.29, 1.82) is 0 Å². The highest BCUT2D eigenvalue weighted by molar-refractivity contribution is 5.07. The van der Waals surface area contributed by atoms with E-state index in [9.17, 15) is 20.4 Å². The molecule has 6 unspecified atom stereocenters. The molecule has 4 heterocycles. The molecule has 4 saturated heterocycles. The maximum absolute atomic E-state index is 11.7. The van der Waals surface area contributed by atoms with Gasteiger partial charge >= 0.3 is 0 Å². The van der Waals surface area contributed by atoms with Gasteiger partial charge in [0.05, 0.1) is 48.1 Å². The van der Waals surface area contributed by atoms with Crippen LogP contribution in [0, 0.1) is 23.7 Å². The lowest BCUT2D eigenvalue weighted by molar-refractivity contribution is -0.478. The molecule has 16 atom stereocenters. The molecule has 0 spiro atoms. The van der Waals surface area contributed by atoms with Crippen LogP contribution in [0.15, 0.2) is 0 Å². The molecule has 4 fully saturated rings. The summed E-state index contributed by atoms with van der Waals surface area (Å²) in [5.74, 6) is -3.82. The lowest BCUT2D eigenvalue weighted by atomic mass is 9.74. The first-order valence-electron chi connectivity index (χ1n) is 14.4. The molecule has 0 radical (unpaired) electrons. The summed E-state index contributed by atoms with van der Waals surface area (Å²) in [6.45, 7) is 15.1. The number of ether oxygens (including phenoxy) is 5. The summed E-state index contributed by atoms with van der Waals surface area (Å²) in [5.41, 5.74) is -2.23. The summed E-state index contributed by atoms with van der Waals surface area (Å²) in [6.07, 6.45) is -3.90. The van der Waals surface area contributed by atoms with Crippen LogP contribution in [0.3, 0.4) is 0 Å². The molecule has 10 heteroatoms. The number of fused-ring (bicyclic) bond motifs is 4. The minimum Gasteiger partial charge on any atom is -0.392 e. The number of aliphatic hydroxyl groups excluding tert-OH is 2. The van der Waals surface area contributed by atoms with E-state index in [-0.39, 0.29) is 30.1 Å².